The molecule has 0 bridgehead atoms. The zero-order valence-corrected chi connectivity index (χ0v) is 29.2. The van der Waals surface area contributed by atoms with Gasteiger partial charge in [0.05, 0.1) is 30.4 Å². The summed E-state index contributed by atoms with van der Waals surface area (Å²) in [7, 11) is 0. The molecule has 0 aromatic heterocycles. The van der Waals surface area contributed by atoms with Crippen molar-refractivity contribution in [1.29, 1.82) is 0 Å². The molecule has 13 heteroatoms. The molecule has 1 aliphatic carbocycles. The summed E-state index contributed by atoms with van der Waals surface area (Å²) in [5, 5.41) is 0. The van der Waals surface area contributed by atoms with Crippen LogP contribution in [0.3, 0.4) is 0 Å². The Morgan fingerprint density at radius 2 is 1.63 bits per heavy atom. The first kappa shape index (κ1) is 37.4. The molecule has 2 amide bonds. The molecule has 3 aromatic rings. The summed E-state index contributed by atoms with van der Waals surface area (Å²) in [5.74, 6) is -1.20. The molecule has 3 aliphatic rings. The van der Waals surface area contributed by atoms with Gasteiger partial charge in [-0.15, -0.1) is 0 Å². The highest BCUT2D eigenvalue weighted by atomic mass is 19.4. The third-order valence-corrected chi connectivity index (χ3v) is 10.2. The predicted octanol–water partition coefficient (Wildman–Crippen LogP) is 9.86. The number of nitrogens with zero attached hydrogens (tertiary/aromatic N) is 2. The standard InChI is InChI=1S/C39H39F7N2O4/c1-22-15-26(17-28(16-22)38(41,42)43)34-23(2)48(36(50)52-34)21-27-20-37(3,4)10-9-29(27)31-18-24(6-8-33(31)40)30-7-5-25(19-32(30)39(44,45)46)35(49)47-11-13-51-14-12-47/h5-8,15-19,23,34H,9-14,20-21H2,1-4H3/t23-,34-/m0/s1. The molecule has 3 aromatic carbocycles. The number of ether oxygens (including phenoxy) is 2. The zero-order chi connectivity index (χ0) is 37.7. The first-order valence-corrected chi connectivity index (χ1v) is 17.1. The molecule has 0 unspecified atom stereocenters. The third kappa shape index (κ3) is 7.69. The molecular weight excluding hydrogens is 693 g/mol. The Balaban J connectivity index is 1.36. The fourth-order valence-corrected chi connectivity index (χ4v) is 7.43. The molecule has 278 valence electrons. The number of hydrogen-bond donors (Lipinski definition) is 0. The molecule has 2 heterocycles. The molecule has 0 N–H and O–H groups in total. The third-order valence-electron chi connectivity index (χ3n) is 10.2. The number of amides is 2. The highest BCUT2D eigenvalue weighted by Gasteiger charge is 2.43. The smallest absolute Gasteiger partial charge is 0.417 e. The highest BCUT2D eigenvalue weighted by molar-refractivity contribution is 5.95. The van der Waals surface area contributed by atoms with Crippen LogP contribution in [0.1, 0.15) is 84.3 Å². The van der Waals surface area contributed by atoms with Crippen LogP contribution in [-0.2, 0) is 21.8 Å². The molecule has 0 saturated carbocycles. The Morgan fingerprint density at radius 1 is 0.923 bits per heavy atom. The largest absolute Gasteiger partial charge is 0.439 e. The van der Waals surface area contributed by atoms with Gasteiger partial charge in [-0.2, -0.15) is 26.3 Å². The fourth-order valence-electron chi connectivity index (χ4n) is 7.43. The molecule has 2 saturated heterocycles. The minimum Gasteiger partial charge on any atom is -0.439 e. The van der Waals surface area contributed by atoms with E-state index in [-0.39, 0.29) is 66.1 Å². The van der Waals surface area contributed by atoms with Crippen molar-refractivity contribution in [2.45, 2.75) is 71.5 Å². The number of aryl methyl sites for hydroxylation is 1. The van der Waals surface area contributed by atoms with Gasteiger partial charge in [-0.3, -0.25) is 9.69 Å². The lowest BCUT2D eigenvalue weighted by molar-refractivity contribution is -0.138. The maximum atomic E-state index is 15.8. The van der Waals surface area contributed by atoms with Gasteiger partial charge in [-0.1, -0.05) is 37.6 Å². The van der Waals surface area contributed by atoms with Crippen LogP contribution in [0.2, 0.25) is 0 Å². The van der Waals surface area contributed by atoms with Crippen molar-refractivity contribution in [3.05, 3.63) is 99.4 Å². The second-order valence-corrected chi connectivity index (χ2v) is 14.6. The van der Waals surface area contributed by atoms with Crippen LogP contribution in [0.25, 0.3) is 16.7 Å². The summed E-state index contributed by atoms with van der Waals surface area (Å²) in [6.45, 7) is 8.33. The second kappa shape index (κ2) is 13.9. The Labute approximate surface area is 297 Å². The van der Waals surface area contributed by atoms with Crippen LogP contribution in [0.4, 0.5) is 35.5 Å². The van der Waals surface area contributed by atoms with E-state index in [1.54, 1.807) is 13.0 Å². The van der Waals surface area contributed by atoms with Gasteiger partial charge in [-0.05, 0) is 103 Å². The Morgan fingerprint density at radius 3 is 2.31 bits per heavy atom. The van der Waals surface area contributed by atoms with Crippen LogP contribution < -0.4 is 0 Å². The van der Waals surface area contributed by atoms with Crippen molar-refractivity contribution in [2.24, 2.45) is 5.41 Å². The maximum Gasteiger partial charge on any atom is 0.417 e. The Hall–Kier alpha value is -4.39. The minimum absolute atomic E-state index is 0.0109. The lowest BCUT2D eigenvalue weighted by Crippen LogP contribution is -2.40. The number of hydrogen-bond acceptors (Lipinski definition) is 4. The number of allylic oxidation sites excluding steroid dienone is 1. The average Bonchev–Trinajstić information content (AvgIpc) is 3.36. The number of carbonyl (C=O) groups is 2. The van der Waals surface area contributed by atoms with Gasteiger partial charge in [0.1, 0.15) is 11.9 Å². The van der Waals surface area contributed by atoms with Crippen LogP contribution in [-0.4, -0.2) is 60.7 Å². The molecular formula is C39H39F7N2O4. The van der Waals surface area contributed by atoms with Crippen molar-refractivity contribution < 1.29 is 49.8 Å². The van der Waals surface area contributed by atoms with Crippen molar-refractivity contribution in [3.63, 3.8) is 0 Å². The summed E-state index contributed by atoms with van der Waals surface area (Å²) in [4.78, 5) is 29.2. The molecule has 6 nitrogen and oxygen atoms in total. The zero-order valence-electron chi connectivity index (χ0n) is 29.2. The SMILES string of the molecule is Cc1cc([C@H]2OC(=O)N(CC3=C(c4cc(-c5ccc(C(=O)N6CCOCC6)cc5C(F)(F)F)ccc4F)CCC(C)(C)C3)[C@H]2C)cc(C(F)(F)F)c1. The lowest BCUT2D eigenvalue weighted by atomic mass is 9.72. The number of alkyl halides is 6. The molecule has 0 spiro atoms. The first-order valence-electron chi connectivity index (χ1n) is 17.1. The molecule has 52 heavy (non-hydrogen) atoms. The van der Waals surface area contributed by atoms with E-state index in [9.17, 15) is 35.9 Å². The van der Waals surface area contributed by atoms with Crippen molar-refractivity contribution in [2.75, 3.05) is 32.8 Å². The van der Waals surface area contributed by atoms with E-state index in [1.807, 2.05) is 13.8 Å². The number of halogens is 7. The van der Waals surface area contributed by atoms with E-state index in [0.29, 0.717) is 36.0 Å². The lowest BCUT2D eigenvalue weighted by Gasteiger charge is -2.35. The maximum absolute atomic E-state index is 15.8. The molecule has 0 radical (unpaired) electrons. The quantitative estimate of drug-likeness (QED) is 0.237. The van der Waals surface area contributed by atoms with Crippen LogP contribution in [0.15, 0.2) is 60.2 Å². The number of rotatable bonds is 6. The van der Waals surface area contributed by atoms with Crippen LogP contribution in [0, 0.1) is 18.2 Å². The van der Waals surface area contributed by atoms with E-state index in [0.717, 1.165) is 24.3 Å². The first-order chi connectivity index (χ1) is 24.3. The number of carbonyl (C=O) groups excluding carboxylic acids is 2. The number of cyclic esters (lactones) is 1. The summed E-state index contributed by atoms with van der Waals surface area (Å²) in [6.07, 6.45) is -9.72. The predicted molar refractivity (Wildman–Crippen MR) is 180 cm³/mol. The van der Waals surface area contributed by atoms with E-state index in [1.165, 1.54) is 41.0 Å². The van der Waals surface area contributed by atoms with Gasteiger partial charge in [0.2, 0.25) is 0 Å². The second-order valence-electron chi connectivity index (χ2n) is 14.6. The van der Waals surface area contributed by atoms with E-state index >= 15 is 4.39 Å². The highest BCUT2D eigenvalue weighted by Crippen LogP contribution is 2.46. The molecule has 2 fully saturated rings. The van der Waals surface area contributed by atoms with Crippen molar-refractivity contribution in [3.8, 4) is 11.1 Å². The Bertz CT molecular complexity index is 1910. The van der Waals surface area contributed by atoms with Gasteiger partial charge in [-0.25, -0.2) is 9.18 Å². The summed E-state index contributed by atoms with van der Waals surface area (Å²) >= 11 is 0. The average molecular weight is 733 g/mol. The van der Waals surface area contributed by atoms with Gasteiger partial charge >= 0.3 is 18.4 Å². The Kier molecular flexibility index (Phi) is 9.97. The van der Waals surface area contributed by atoms with Gasteiger partial charge < -0.3 is 14.4 Å². The van der Waals surface area contributed by atoms with Gasteiger partial charge in [0, 0.05) is 30.8 Å². The van der Waals surface area contributed by atoms with Crippen LogP contribution >= 0.6 is 0 Å². The normalized spacial score (nSPS) is 21.1. The number of benzene rings is 3. The fraction of sp³-hybridized carbons (Fsp3) is 0.436. The van der Waals surface area contributed by atoms with Crippen molar-refractivity contribution in [1.82, 2.24) is 9.80 Å². The summed E-state index contributed by atoms with van der Waals surface area (Å²) < 4.78 is 111. The van der Waals surface area contributed by atoms with Gasteiger partial charge in [0.15, 0.2) is 0 Å². The summed E-state index contributed by atoms with van der Waals surface area (Å²) in [6, 6.07) is 9.99. The monoisotopic (exact) mass is 732 g/mol. The van der Waals surface area contributed by atoms with Gasteiger partial charge in [0.25, 0.3) is 5.91 Å². The van der Waals surface area contributed by atoms with E-state index < -0.39 is 53.4 Å². The molecule has 2 atom stereocenters. The number of morpholine rings is 1. The molecule has 2 aliphatic heterocycles. The van der Waals surface area contributed by atoms with Crippen molar-refractivity contribution >= 4 is 17.6 Å². The van der Waals surface area contributed by atoms with E-state index in [2.05, 4.69) is 0 Å². The minimum atomic E-state index is -4.83. The topological polar surface area (TPSA) is 59.1 Å². The van der Waals surface area contributed by atoms with E-state index in [4.69, 9.17) is 9.47 Å². The molecule has 6 rings (SSSR count). The van der Waals surface area contributed by atoms with Crippen LogP contribution in [0.5, 0.6) is 0 Å². The summed E-state index contributed by atoms with van der Waals surface area (Å²) in [5.41, 5.74) is -0.522.